The first-order chi connectivity index (χ1) is 13.9. The molecule has 0 saturated carbocycles. The van der Waals surface area contributed by atoms with Crippen LogP contribution in [0.25, 0.3) is 5.69 Å². The summed E-state index contributed by atoms with van der Waals surface area (Å²) >= 11 is 1.66. The molecule has 0 aliphatic rings. The van der Waals surface area contributed by atoms with Gasteiger partial charge in [0.05, 0.1) is 11.9 Å². The Bertz CT molecular complexity index is 1060. The average molecular weight is 408 g/mol. The van der Waals surface area contributed by atoms with E-state index in [2.05, 4.69) is 11.1 Å². The highest BCUT2D eigenvalue weighted by atomic mass is 32.2. The van der Waals surface area contributed by atoms with Crippen molar-refractivity contribution in [3.8, 4) is 5.69 Å². The van der Waals surface area contributed by atoms with Crippen LogP contribution in [-0.4, -0.2) is 32.7 Å². The van der Waals surface area contributed by atoms with Crippen LogP contribution < -0.4 is 5.56 Å². The number of rotatable bonds is 6. The van der Waals surface area contributed by atoms with Crippen molar-refractivity contribution in [3.63, 3.8) is 0 Å². The third kappa shape index (κ3) is 4.59. The van der Waals surface area contributed by atoms with Crippen molar-refractivity contribution in [1.29, 1.82) is 0 Å². The summed E-state index contributed by atoms with van der Waals surface area (Å²) in [5, 5.41) is 0. The summed E-state index contributed by atoms with van der Waals surface area (Å²) in [5.74, 6) is -0.254. The van der Waals surface area contributed by atoms with Gasteiger partial charge in [0.15, 0.2) is 0 Å². The van der Waals surface area contributed by atoms with Gasteiger partial charge in [-0.15, -0.1) is 11.8 Å². The molecule has 1 aromatic carbocycles. The number of carbonyl (C=O) groups excluding carboxylic acids is 1. The van der Waals surface area contributed by atoms with Crippen LogP contribution in [0.1, 0.15) is 35.3 Å². The Morgan fingerprint density at radius 1 is 1.21 bits per heavy atom. The van der Waals surface area contributed by atoms with Gasteiger partial charge in [-0.3, -0.25) is 19.1 Å². The highest BCUT2D eigenvalue weighted by Crippen LogP contribution is 2.19. The molecule has 0 unspecified atom stereocenters. The van der Waals surface area contributed by atoms with Gasteiger partial charge in [-0.05, 0) is 68.5 Å². The Balaban J connectivity index is 2.01. The van der Waals surface area contributed by atoms with E-state index >= 15 is 0 Å². The van der Waals surface area contributed by atoms with E-state index < -0.39 is 0 Å². The van der Waals surface area contributed by atoms with Crippen molar-refractivity contribution >= 4 is 17.7 Å². The van der Waals surface area contributed by atoms with Gasteiger partial charge in [-0.2, -0.15) is 0 Å². The molecule has 0 bridgehead atoms. The topological polar surface area (TPSA) is 55.2 Å². The maximum absolute atomic E-state index is 13.5. The molecule has 0 saturated heterocycles. The van der Waals surface area contributed by atoms with Gasteiger partial charge in [0.1, 0.15) is 5.56 Å². The molecule has 2 aromatic heterocycles. The van der Waals surface area contributed by atoms with Crippen LogP contribution in [0, 0.1) is 6.92 Å². The minimum absolute atomic E-state index is 0.0497. The van der Waals surface area contributed by atoms with Gasteiger partial charge >= 0.3 is 0 Å². The number of amides is 1. The monoisotopic (exact) mass is 407 g/mol. The number of pyridine rings is 2. The molecule has 0 spiro atoms. The Morgan fingerprint density at radius 3 is 2.66 bits per heavy atom. The molecule has 0 aliphatic carbocycles. The van der Waals surface area contributed by atoms with Gasteiger partial charge < -0.3 is 4.90 Å². The maximum Gasteiger partial charge on any atom is 0.268 e. The van der Waals surface area contributed by atoms with E-state index in [9.17, 15) is 9.59 Å². The lowest BCUT2D eigenvalue weighted by molar-refractivity contribution is 0.0687. The quantitative estimate of drug-likeness (QED) is 0.571. The fourth-order valence-corrected chi connectivity index (χ4v) is 3.67. The van der Waals surface area contributed by atoms with E-state index in [1.54, 1.807) is 60.4 Å². The predicted octanol–water partition coefficient (Wildman–Crippen LogP) is 4.31. The van der Waals surface area contributed by atoms with Crippen molar-refractivity contribution < 1.29 is 4.79 Å². The number of aromatic nitrogens is 2. The SMILES string of the molecule is CSc1cccc(CN(C(=O)c2c(C)ccn(-c3cccnc3)c2=O)C(C)C)c1. The fourth-order valence-electron chi connectivity index (χ4n) is 3.19. The molecule has 0 aliphatic heterocycles. The summed E-state index contributed by atoms with van der Waals surface area (Å²) in [5.41, 5.74) is 2.22. The first-order valence-corrected chi connectivity index (χ1v) is 10.7. The molecule has 29 heavy (non-hydrogen) atoms. The Hall–Kier alpha value is -2.86. The predicted molar refractivity (Wildman–Crippen MR) is 118 cm³/mol. The highest BCUT2D eigenvalue weighted by molar-refractivity contribution is 7.98. The molecule has 150 valence electrons. The van der Waals surface area contributed by atoms with Gasteiger partial charge in [0, 0.05) is 29.9 Å². The van der Waals surface area contributed by atoms with Crippen LogP contribution in [0.15, 0.2) is 70.7 Å². The maximum atomic E-state index is 13.5. The highest BCUT2D eigenvalue weighted by Gasteiger charge is 2.24. The van der Waals surface area contributed by atoms with Crippen molar-refractivity contribution in [3.05, 3.63) is 88.1 Å². The zero-order valence-corrected chi connectivity index (χ0v) is 17.9. The summed E-state index contributed by atoms with van der Waals surface area (Å²) in [6, 6.07) is 13.4. The fraction of sp³-hybridized carbons (Fsp3) is 0.261. The second-order valence-corrected chi connectivity index (χ2v) is 8.02. The molecule has 1 amide bonds. The summed E-state index contributed by atoms with van der Waals surface area (Å²) in [6.45, 7) is 6.18. The van der Waals surface area contributed by atoms with E-state index in [1.807, 2.05) is 38.3 Å². The van der Waals surface area contributed by atoms with Gasteiger partial charge in [0.25, 0.3) is 11.5 Å². The second kappa shape index (κ2) is 9.09. The third-order valence-electron chi connectivity index (χ3n) is 4.81. The molecule has 6 heteroatoms. The van der Waals surface area contributed by atoms with Crippen LogP contribution in [0.4, 0.5) is 0 Å². The van der Waals surface area contributed by atoms with Gasteiger partial charge in [-0.1, -0.05) is 12.1 Å². The minimum atomic E-state index is -0.327. The molecule has 0 fully saturated rings. The summed E-state index contributed by atoms with van der Waals surface area (Å²) < 4.78 is 1.47. The molecular formula is C23H25N3O2S. The van der Waals surface area contributed by atoms with Crippen molar-refractivity contribution in [2.75, 3.05) is 6.26 Å². The van der Waals surface area contributed by atoms with Gasteiger partial charge in [-0.25, -0.2) is 0 Å². The lowest BCUT2D eigenvalue weighted by Gasteiger charge is -2.27. The number of aryl methyl sites for hydroxylation is 1. The molecule has 0 atom stereocenters. The number of hydrogen-bond donors (Lipinski definition) is 0. The first-order valence-electron chi connectivity index (χ1n) is 9.49. The lowest BCUT2D eigenvalue weighted by atomic mass is 10.1. The summed E-state index contributed by atoms with van der Waals surface area (Å²) in [6.07, 6.45) is 6.98. The number of carbonyl (C=O) groups is 1. The van der Waals surface area contributed by atoms with Crippen molar-refractivity contribution in [1.82, 2.24) is 14.5 Å². The van der Waals surface area contributed by atoms with Crippen molar-refractivity contribution in [2.45, 2.75) is 38.3 Å². The lowest BCUT2D eigenvalue weighted by Crippen LogP contribution is -2.40. The molecule has 3 rings (SSSR count). The number of nitrogens with zero attached hydrogens (tertiary/aromatic N) is 3. The van der Waals surface area contributed by atoms with Crippen LogP contribution in [0.5, 0.6) is 0 Å². The number of benzene rings is 1. The van der Waals surface area contributed by atoms with Crippen molar-refractivity contribution in [2.24, 2.45) is 0 Å². The zero-order chi connectivity index (χ0) is 21.0. The Labute approximate surface area is 175 Å². The number of thioether (sulfide) groups is 1. The van der Waals surface area contributed by atoms with E-state index in [0.29, 0.717) is 17.8 Å². The normalized spacial score (nSPS) is 10.9. The molecule has 0 radical (unpaired) electrons. The minimum Gasteiger partial charge on any atom is -0.332 e. The van der Waals surface area contributed by atoms with E-state index in [-0.39, 0.29) is 23.1 Å². The Kier molecular flexibility index (Phi) is 6.54. The average Bonchev–Trinajstić information content (AvgIpc) is 2.72. The largest absolute Gasteiger partial charge is 0.332 e. The number of hydrogen-bond acceptors (Lipinski definition) is 4. The zero-order valence-electron chi connectivity index (χ0n) is 17.1. The standard InChI is InChI=1S/C23H25N3O2S/c1-16(2)26(15-18-7-5-9-20(13-18)29-4)23(28)21-17(3)10-12-25(22(21)27)19-8-6-11-24-14-19/h5-14,16H,15H2,1-4H3. The molecule has 2 heterocycles. The van der Waals surface area contributed by atoms with Crippen LogP contribution in [0.3, 0.4) is 0 Å². The second-order valence-electron chi connectivity index (χ2n) is 7.14. The summed E-state index contributed by atoms with van der Waals surface area (Å²) in [4.78, 5) is 33.6. The summed E-state index contributed by atoms with van der Waals surface area (Å²) in [7, 11) is 0. The van der Waals surface area contributed by atoms with E-state index in [1.165, 1.54) is 4.57 Å². The first kappa shape index (κ1) is 20.9. The van der Waals surface area contributed by atoms with Gasteiger partial charge in [0.2, 0.25) is 0 Å². The van der Waals surface area contributed by atoms with E-state index in [4.69, 9.17) is 0 Å². The smallest absolute Gasteiger partial charge is 0.268 e. The van der Waals surface area contributed by atoms with Crippen LogP contribution in [-0.2, 0) is 6.54 Å². The van der Waals surface area contributed by atoms with E-state index in [0.717, 1.165) is 10.5 Å². The third-order valence-corrected chi connectivity index (χ3v) is 5.54. The molecular weight excluding hydrogens is 382 g/mol. The molecule has 5 nitrogen and oxygen atoms in total. The molecule has 0 N–H and O–H groups in total. The van der Waals surface area contributed by atoms with Crippen LogP contribution in [0.2, 0.25) is 0 Å². The Morgan fingerprint density at radius 2 is 2.00 bits per heavy atom. The van der Waals surface area contributed by atoms with Crippen LogP contribution >= 0.6 is 11.8 Å². The molecule has 3 aromatic rings.